The third kappa shape index (κ3) is 7.39. The summed E-state index contributed by atoms with van der Waals surface area (Å²) in [4.78, 5) is 11.5. The number of hydrogen-bond acceptors (Lipinski definition) is 2. The normalized spacial score (nSPS) is 19.1. The summed E-state index contributed by atoms with van der Waals surface area (Å²) in [5.41, 5.74) is 1.47. The number of carbonyl (C=O) groups excluding carboxylic acids is 1. The van der Waals surface area contributed by atoms with Crippen molar-refractivity contribution in [2.75, 3.05) is 6.61 Å². The van der Waals surface area contributed by atoms with Crippen LogP contribution < -0.4 is 0 Å². The first-order valence-electron chi connectivity index (χ1n) is 8.09. The molecule has 1 atom stereocenters. The Morgan fingerprint density at radius 3 is 2.74 bits per heavy atom. The summed E-state index contributed by atoms with van der Waals surface area (Å²) in [7, 11) is 0. The Morgan fingerprint density at radius 1 is 1.32 bits per heavy atom. The van der Waals surface area contributed by atoms with Crippen LogP contribution >= 0.6 is 0 Å². The van der Waals surface area contributed by atoms with E-state index < -0.39 is 0 Å². The summed E-state index contributed by atoms with van der Waals surface area (Å²) < 4.78 is 5.18. The first kappa shape index (κ1) is 16.3. The van der Waals surface area contributed by atoms with Crippen LogP contribution in [0.1, 0.15) is 78.1 Å². The molecule has 0 saturated heterocycles. The van der Waals surface area contributed by atoms with E-state index >= 15 is 0 Å². The van der Waals surface area contributed by atoms with E-state index in [2.05, 4.69) is 19.9 Å². The van der Waals surface area contributed by atoms with Crippen LogP contribution in [0.15, 0.2) is 11.6 Å². The SMILES string of the molecule is CCCCOC(=O)CCC1=CCC(CCCC)CC1. The molecule has 0 aromatic carbocycles. The fourth-order valence-electron chi connectivity index (χ4n) is 2.59. The molecule has 1 unspecified atom stereocenters. The molecule has 1 rings (SSSR count). The quantitative estimate of drug-likeness (QED) is 0.332. The van der Waals surface area contributed by atoms with E-state index in [0.717, 1.165) is 25.2 Å². The zero-order valence-corrected chi connectivity index (χ0v) is 12.7. The van der Waals surface area contributed by atoms with Gasteiger partial charge in [0.2, 0.25) is 0 Å². The minimum atomic E-state index is -0.0255. The molecule has 2 nitrogen and oxygen atoms in total. The lowest BCUT2D eigenvalue weighted by Crippen LogP contribution is -2.09. The Hall–Kier alpha value is -0.790. The van der Waals surface area contributed by atoms with Crippen LogP contribution in [0.4, 0.5) is 0 Å². The van der Waals surface area contributed by atoms with Gasteiger partial charge in [0.15, 0.2) is 0 Å². The van der Waals surface area contributed by atoms with Gasteiger partial charge in [-0.25, -0.2) is 0 Å². The maximum absolute atomic E-state index is 11.5. The minimum absolute atomic E-state index is 0.0255. The van der Waals surface area contributed by atoms with Gasteiger partial charge in [0.05, 0.1) is 6.61 Å². The van der Waals surface area contributed by atoms with Gasteiger partial charge in [-0.05, 0) is 38.0 Å². The van der Waals surface area contributed by atoms with Crippen LogP contribution in [-0.2, 0) is 9.53 Å². The Bertz CT molecular complexity index is 281. The Kier molecular flexibility index (Phi) is 8.61. The zero-order valence-electron chi connectivity index (χ0n) is 12.7. The van der Waals surface area contributed by atoms with Gasteiger partial charge in [-0.1, -0.05) is 51.2 Å². The molecule has 2 heteroatoms. The monoisotopic (exact) mass is 266 g/mol. The summed E-state index contributed by atoms with van der Waals surface area (Å²) in [6, 6.07) is 0. The molecule has 0 amide bonds. The lowest BCUT2D eigenvalue weighted by atomic mass is 9.85. The molecule has 0 saturated carbocycles. The largest absolute Gasteiger partial charge is 0.466 e. The highest BCUT2D eigenvalue weighted by atomic mass is 16.5. The van der Waals surface area contributed by atoms with Crippen molar-refractivity contribution in [3.05, 3.63) is 11.6 Å². The van der Waals surface area contributed by atoms with Crippen molar-refractivity contribution >= 4 is 5.97 Å². The molecule has 0 fully saturated rings. The number of allylic oxidation sites excluding steroid dienone is 2. The smallest absolute Gasteiger partial charge is 0.306 e. The number of rotatable bonds is 9. The van der Waals surface area contributed by atoms with Gasteiger partial charge in [-0.15, -0.1) is 0 Å². The van der Waals surface area contributed by atoms with E-state index in [1.54, 1.807) is 0 Å². The maximum atomic E-state index is 11.5. The van der Waals surface area contributed by atoms with Crippen LogP contribution in [0.5, 0.6) is 0 Å². The topological polar surface area (TPSA) is 26.3 Å². The molecule has 19 heavy (non-hydrogen) atoms. The van der Waals surface area contributed by atoms with E-state index in [-0.39, 0.29) is 5.97 Å². The van der Waals surface area contributed by atoms with Crippen LogP contribution in [0.3, 0.4) is 0 Å². The zero-order chi connectivity index (χ0) is 13.9. The predicted octanol–water partition coefficient (Wildman–Crippen LogP) is 5.03. The second-order valence-electron chi connectivity index (χ2n) is 5.72. The Labute approximate surface area is 118 Å². The molecule has 1 aliphatic rings. The highest BCUT2D eigenvalue weighted by Crippen LogP contribution is 2.29. The maximum Gasteiger partial charge on any atom is 0.306 e. The van der Waals surface area contributed by atoms with Crippen LogP contribution in [-0.4, -0.2) is 12.6 Å². The van der Waals surface area contributed by atoms with Gasteiger partial charge in [0.25, 0.3) is 0 Å². The summed E-state index contributed by atoms with van der Waals surface area (Å²) in [6.07, 6.45) is 13.7. The minimum Gasteiger partial charge on any atom is -0.466 e. The van der Waals surface area contributed by atoms with Gasteiger partial charge in [0, 0.05) is 6.42 Å². The second kappa shape index (κ2) is 10.1. The molecule has 0 spiro atoms. The highest BCUT2D eigenvalue weighted by Gasteiger charge is 2.14. The molecular formula is C17H30O2. The van der Waals surface area contributed by atoms with Gasteiger partial charge in [0.1, 0.15) is 0 Å². The van der Waals surface area contributed by atoms with Crippen LogP contribution in [0.2, 0.25) is 0 Å². The molecule has 0 aromatic rings. The number of ether oxygens (including phenoxy) is 1. The first-order chi connectivity index (χ1) is 9.26. The number of esters is 1. The van der Waals surface area contributed by atoms with Crippen molar-refractivity contribution in [2.24, 2.45) is 5.92 Å². The van der Waals surface area contributed by atoms with E-state index in [0.29, 0.717) is 13.0 Å². The highest BCUT2D eigenvalue weighted by molar-refractivity contribution is 5.69. The van der Waals surface area contributed by atoms with Crippen molar-refractivity contribution in [2.45, 2.75) is 78.1 Å². The summed E-state index contributed by atoms with van der Waals surface area (Å²) in [5.74, 6) is 0.864. The molecule has 1 aliphatic carbocycles. The van der Waals surface area contributed by atoms with Crippen molar-refractivity contribution in [1.82, 2.24) is 0 Å². The molecule has 0 aromatic heterocycles. The van der Waals surface area contributed by atoms with Crippen molar-refractivity contribution < 1.29 is 9.53 Å². The van der Waals surface area contributed by atoms with Gasteiger partial charge in [-0.3, -0.25) is 4.79 Å². The summed E-state index contributed by atoms with van der Waals surface area (Å²) in [5, 5.41) is 0. The van der Waals surface area contributed by atoms with Crippen molar-refractivity contribution in [3.63, 3.8) is 0 Å². The third-order valence-electron chi connectivity index (χ3n) is 3.99. The predicted molar refractivity (Wildman–Crippen MR) is 80.1 cm³/mol. The van der Waals surface area contributed by atoms with Gasteiger partial charge >= 0.3 is 5.97 Å². The molecule has 0 heterocycles. The molecule has 110 valence electrons. The van der Waals surface area contributed by atoms with Crippen molar-refractivity contribution in [3.8, 4) is 0 Å². The van der Waals surface area contributed by atoms with E-state index in [4.69, 9.17) is 4.74 Å². The lowest BCUT2D eigenvalue weighted by molar-refractivity contribution is -0.143. The molecule has 0 bridgehead atoms. The fraction of sp³-hybridized carbons (Fsp3) is 0.824. The number of unbranched alkanes of at least 4 members (excludes halogenated alkanes) is 2. The van der Waals surface area contributed by atoms with E-state index in [1.165, 1.54) is 44.1 Å². The first-order valence-corrected chi connectivity index (χ1v) is 8.09. The van der Waals surface area contributed by atoms with Crippen LogP contribution in [0, 0.1) is 5.92 Å². The standard InChI is InChI=1S/C17H30O2/c1-3-5-7-15-8-10-16(11-9-15)12-13-17(18)19-14-6-4-2/h10,15H,3-9,11-14H2,1-2H3. The summed E-state index contributed by atoms with van der Waals surface area (Å²) in [6.45, 7) is 4.96. The molecule has 0 aliphatic heterocycles. The summed E-state index contributed by atoms with van der Waals surface area (Å²) >= 11 is 0. The second-order valence-corrected chi connectivity index (χ2v) is 5.72. The molecule has 0 radical (unpaired) electrons. The average Bonchev–Trinajstić information content (AvgIpc) is 2.44. The Morgan fingerprint density at radius 2 is 2.11 bits per heavy atom. The van der Waals surface area contributed by atoms with Crippen LogP contribution in [0.25, 0.3) is 0 Å². The van der Waals surface area contributed by atoms with Gasteiger partial charge in [-0.2, -0.15) is 0 Å². The molecular weight excluding hydrogens is 236 g/mol. The molecule has 0 N–H and O–H groups in total. The third-order valence-corrected chi connectivity index (χ3v) is 3.99. The Balaban J connectivity index is 2.13. The average molecular weight is 266 g/mol. The van der Waals surface area contributed by atoms with E-state index in [9.17, 15) is 4.79 Å². The van der Waals surface area contributed by atoms with E-state index in [1.807, 2.05) is 0 Å². The van der Waals surface area contributed by atoms with Gasteiger partial charge < -0.3 is 4.74 Å². The lowest BCUT2D eigenvalue weighted by Gasteiger charge is -2.21. The number of hydrogen-bond donors (Lipinski definition) is 0. The van der Waals surface area contributed by atoms with Crippen molar-refractivity contribution in [1.29, 1.82) is 0 Å². The number of carbonyl (C=O) groups is 1. The fourth-order valence-corrected chi connectivity index (χ4v) is 2.59.